The van der Waals surface area contributed by atoms with Crippen LogP contribution < -0.4 is 9.47 Å². The van der Waals surface area contributed by atoms with Gasteiger partial charge in [-0.05, 0) is 54.1 Å². The Hall–Kier alpha value is -3.60. The number of para-hydroxylation sites is 1. The van der Waals surface area contributed by atoms with Crippen molar-refractivity contribution in [3.05, 3.63) is 90.5 Å². The predicted octanol–water partition coefficient (Wildman–Crippen LogP) is 5.42. The maximum atomic E-state index is 13.5. The number of ether oxygens (including phenoxy) is 2. The first-order valence-electron chi connectivity index (χ1n) is 9.27. The van der Waals surface area contributed by atoms with Crippen LogP contribution in [0.15, 0.2) is 79.1 Å². The number of nitrogens with zero attached hydrogens (tertiary/aromatic N) is 2. The molecule has 0 fully saturated rings. The first-order chi connectivity index (χ1) is 14.2. The van der Waals surface area contributed by atoms with E-state index in [-0.39, 0.29) is 5.82 Å². The van der Waals surface area contributed by atoms with E-state index in [1.54, 1.807) is 32.7 Å². The fourth-order valence-electron chi connectivity index (χ4n) is 3.42. The Morgan fingerprint density at radius 1 is 0.897 bits per heavy atom. The second-order valence-corrected chi connectivity index (χ2v) is 6.63. The summed E-state index contributed by atoms with van der Waals surface area (Å²) in [6.45, 7) is 0.603. The Morgan fingerprint density at radius 2 is 1.69 bits per heavy atom. The standard InChI is InChI=1S/C24H21FN2O2/c1-28-20-7-5-6-17(14-20)15-27-16-26-23(21-8-3-4-9-22(21)29-2)24(27)18-10-12-19(25)13-11-18/h3-14,16H,15H2,1-2H3. The van der Waals surface area contributed by atoms with Gasteiger partial charge in [-0.1, -0.05) is 24.3 Å². The van der Waals surface area contributed by atoms with Crippen molar-refractivity contribution in [2.45, 2.75) is 6.54 Å². The minimum absolute atomic E-state index is 0.272. The zero-order valence-corrected chi connectivity index (χ0v) is 16.3. The third kappa shape index (κ3) is 3.85. The highest BCUT2D eigenvalue weighted by molar-refractivity contribution is 5.81. The number of methoxy groups -OCH3 is 2. The molecule has 0 aliphatic heterocycles. The third-order valence-corrected chi connectivity index (χ3v) is 4.80. The molecule has 0 unspecified atom stereocenters. The molecule has 0 atom stereocenters. The van der Waals surface area contributed by atoms with E-state index >= 15 is 0 Å². The van der Waals surface area contributed by atoms with E-state index in [2.05, 4.69) is 4.57 Å². The van der Waals surface area contributed by atoms with Crippen molar-refractivity contribution in [1.82, 2.24) is 9.55 Å². The molecule has 0 bridgehead atoms. The molecule has 1 heterocycles. The molecule has 0 aliphatic carbocycles. The molecule has 1 aromatic heterocycles. The van der Waals surface area contributed by atoms with Gasteiger partial charge in [0.2, 0.25) is 0 Å². The van der Waals surface area contributed by atoms with Crippen LogP contribution in [-0.4, -0.2) is 23.8 Å². The molecule has 0 radical (unpaired) electrons. The lowest BCUT2D eigenvalue weighted by Gasteiger charge is -2.13. The molecule has 4 rings (SSSR count). The molecule has 3 aromatic carbocycles. The van der Waals surface area contributed by atoms with Crippen LogP contribution in [0.5, 0.6) is 11.5 Å². The van der Waals surface area contributed by atoms with Crippen molar-refractivity contribution in [3.8, 4) is 34.0 Å². The third-order valence-electron chi connectivity index (χ3n) is 4.80. The summed E-state index contributed by atoms with van der Waals surface area (Å²) in [6, 6.07) is 22.1. The van der Waals surface area contributed by atoms with Crippen LogP contribution in [0.4, 0.5) is 4.39 Å². The highest BCUT2D eigenvalue weighted by Gasteiger charge is 2.18. The molecule has 29 heavy (non-hydrogen) atoms. The topological polar surface area (TPSA) is 36.3 Å². The molecule has 0 aliphatic rings. The number of benzene rings is 3. The summed E-state index contributed by atoms with van der Waals surface area (Å²) in [7, 11) is 3.30. The lowest BCUT2D eigenvalue weighted by atomic mass is 10.0. The lowest BCUT2D eigenvalue weighted by molar-refractivity contribution is 0.414. The molecule has 4 nitrogen and oxygen atoms in total. The zero-order chi connectivity index (χ0) is 20.2. The van der Waals surface area contributed by atoms with E-state index in [1.807, 2.05) is 48.5 Å². The van der Waals surface area contributed by atoms with E-state index in [1.165, 1.54) is 12.1 Å². The molecule has 0 N–H and O–H groups in total. The normalized spacial score (nSPS) is 10.7. The second-order valence-electron chi connectivity index (χ2n) is 6.63. The molecule has 0 spiro atoms. The summed E-state index contributed by atoms with van der Waals surface area (Å²) in [5.74, 6) is 1.27. The molecule has 0 amide bonds. The van der Waals surface area contributed by atoms with Crippen molar-refractivity contribution < 1.29 is 13.9 Å². The van der Waals surface area contributed by atoms with E-state index in [4.69, 9.17) is 14.5 Å². The fraction of sp³-hybridized carbons (Fsp3) is 0.125. The maximum absolute atomic E-state index is 13.5. The predicted molar refractivity (Wildman–Crippen MR) is 112 cm³/mol. The smallest absolute Gasteiger partial charge is 0.128 e. The number of rotatable bonds is 6. The number of imidazole rings is 1. The molecule has 146 valence electrons. The van der Waals surface area contributed by atoms with Gasteiger partial charge in [0.15, 0.2) is 0 Å². The summed E-state index contributed by atoms with van der Waals surface area (Å²) in [5, 5.41) is 0. The maximum Gasteiger partial charge on any atom is 0.128 e. The highest BCUT2D eigenvalue weighted by atomic mass is 19.1. The summed E-state index contributed by atoms with van der Waals surface area (Å²) >= 11 is 0. The summed E-state index contributed by atoms with van der Waals surface area (Å²) in [5.41, 5.74) is 4.54. The van der Waals surface area contributed by atoms with Gasteiger partial charge < -0.3 is 14.0 Å². The van der Waals surface area contributed by atoms with E-state index < -0.39 is 0 Å². The van der Waals surface area contributed by atoms with Crippen LogP contribution in [0.25, 0.3) is 22.5 Å². The van der Waals surface area contributed by atoms with E-state index in [9.17, 15) is 4.39 Å². The molecule has 5 heteroatoms. The van der Waals surface area contributed by atoms with Crippen LogP contribution in [-0.2, 0) is 6.54 Å². The van der Waals surface area contributed by atoms with Gasteiger partial charge >= 0.3 is 0 Å². The van der Waals surface area contributed by atoms with E-state index in [0.29, 0.717) is 6.54 Å². The van der Waals surface area contributed by atoms with Crippen molar-refractivity contribution in [3.63, 3.8) is 0 Å². The molecule has 4 aromatic rings. The van der Waals surface area contributed by atoms with Gasteiger partial charge in [0.25, 0.3) is 0 Å². The monoisotopic (exact) mass is 388 g/mol. The van der Waals surface area contributed by atoms with Crippen LogP contribution >= 0.6 is 0 Å². The Balaban J connectivity index is 1.85. The number of hydrogen-bond donors (Lipinski definition) is 0. The molecule has 0 saturated carbocycles. The van der Waals surface area contributed by atoms with Crippen LogP contribution in [0.1, 0.15) is 5.56 Å². The van der Waals surface area contributed by atoms with E-state index in [0.717, 1.165) is 39.6 Å². The second kappa shape index (κ2) is 8.19. The quantitative estimate of drug-likeness (QED) is 0.442. The number of halogens is 1. The summed E-state index contributed by atoms with van der Waals surface area (Å²) in [6.07, 6.45) is 1.81. The molecular weight excluding hydrogens is 367 g/mol. The number of aromatic nitrogens is 2. The first kappa shape index (κ1) is 18.7. The van der Waals surface area contributed by atoms with Crippen LogP contribution in [0.2, 0.25) is 0 Å². The lowest BCUT2D eigenvalue weighted by Crippen LogP contribution is -2.01. The van der Waals surface area contributed by atoms with Gasteiger partial charge in [0, 0.05) is 17.7 Å². The van der Waals surface area contributed by atoms with Gasteiger partial charge in [-0.2, -0.15) is 0 Å². The van der Waals surface area contributed by atoms with Gasteiger partial charge in [0.05, 0.1) is 26.2 Å². The van der Waals surface area contributed by atoms with Crippen LogP contribution in [0.3, 0.4) is 0 Å². The minimum Gasteiger partial charge on any atom is -0.497 e. The Bertz CT molecular complexity index is 1120. The highest BCUT2D eigenvalue weighted by Crippen LogP contribution is 2.36. The van der Waals surface area contributed by atoms with Crippen molar-refractivity contribution in [1.29, 1.82) is 0 Å². The minimum atomic E-state index is -0.272. The SMILES string of the molecule is COc1cccc(Cn2cnc(-c3ccccc3OC)c2-c2ccc(F)cc2)c1. The molecular formula is C24H21FN2O2. The van der Waals surface area contributed by atoms with Crippen molar-refractivity contribution in [2.24, 2.45) is 0 Å². The Morgan fingerprint density at radius 3 is 2.45 bits per heavy atom. The van der Waals surface area contributed by atoms with Gasteiger partial charge in [-0.25, -0.2) is 9.37 Å². The fourth-order valence-corrected chi connectivity index (χ4v) is 3.42. The van der Waals surface area contributed by atoms with Crippen LogP contribution in [0, 0.1) is 5.82 Å². The molecule has 0 saturated heterocycles. The summed E-state index contributed by atoms with van der Waals surface area (Å²) < 4.78 is 26.5. The Kier molecular flexibility index (Phi) is 5.29. The van der Waals surface area contributed by atoms with Crippen molar-refractivity contribution in [2.75, 3.05) is 14.2 Å². The average molecular weight is 388 g/mol. The number of hydrogen-bond acceptors (Lipinski definition) is 3. The van der Waals surface area contributed by atoms with Gasteiger partial charge in [-0.3, -0.25) is 0 Å². The average Bonchev–Trinajstić information content (AvgIpc) is 3.17. The Labute approximate surface area is 169 Å². The van der Waals surface area contributed by atoms with Gasteiger partial charge in [-0.15, -0.1) is 0 Å². The summed E-state index contributed by atoms with van der Waals surface area (Å²) in [4.78, 5) is 4.69. The van der Waals surface area contributed by atoms with Gasteiger partial charge in [0.1, 0.15) is 23.0 Å². The van der Waals surface area contributed by atoms with Crippen molar-refractivity contribution >= 4 is 0 Å². The zero-order valence-electron chi connectivity index (χ0n) is 16.3. The largest absolute Gasteiger partial charge is 0.497 e. The first-order valence-corrected chi connectivity index (χ1v) is 9.27.